The van der Waals surface area contributed by atoms with E-state index >= 15 is 0 Å². The van der Waals surface area contributed by atoms with Crippen molar-refractivity contribution in [2.24, 2.45) is 11.8 Å². The van der Waals surface area contributed by atoms with Gasteiger partial charge in [0.05, 0.1) is 0 Å². The summed E-state index contributed by atoms with van der Waals surface area (Å²) in [7, 11) is -1.81. The van der Waals surface area contributed by atoms with Crippen LogP contribution in [0.4, 0.5) is 0 Å². The zero-order valence-corrected chi connectivity index (χ0v) is 11.1. The molecule has 2 fully saturated rings. The monoisotopic (exact) mass is 262 g/mol. The molecule has 0 aromatic carbocycles. The summed E-state index contributed by atoms with van der Waals surface area (Å²) in [6.07, 6.45) is 5.11. The topological polar surface area (TPSA) is 69.6 Å². The molecule has 6 heteroatoms. The molecule has 2 aliphatic carbocycles. The van der Waals surface area contributed by atoms with Gasteiger partial charge in [0.15, 0.2) is 0 Å². The van der Waals surface area contributed by atoms with E-state index in [0.717, 1.165) is 25.7 Å². The first-order chi connectivity index (χ1) is 8.04. The second-order valence-corrected chi connectivity index (χ2v) is 7.03. The number of nitrogens with zero attached hydrogens (tertiary/aromatic N) is 1. The highest BCUT2D eigenvalue weighted by atomic mass is 32.2. The third kappa shape index (κ3) is 3.64. The van der Waals surface area contributed by atoms with Crippen LogP contribution < -0.4 is 4.72 Å². The highest BCUT2D eigenvalue weighted by molar-refractivity contribution is 7.87. The molecule has 0 heterocycles. The Labute approximate surface area is 103 Å². The van der Waals surface area contributed by atoms with Crippen LogP contribution in [-0.2, 0) is 10.2 Å². The van der Waals surface area contributed by atoms with Crippen molar-refractivity contribution in [2.75, 3.05) is 20.2 Å². The Kier molecular flexibility index (Phi) is 4.07. The molecule has 0 aromatic heterocycles. The minimum absolute atomic E-state index is 0.0224. The van der Waals surface area contributed by atoms with Crippen molar-refractivity contribution < 1.29 is 13.5 Å². The number of aliphatic hydroxyl groups is 1. The summed E-state index contributed by atoms with van der Waals surface area (Å²) in [6.45, 7) is 0.391. The van der Waals surface area contributed by atoms with Crippen LogP contribution in [0.3, 0.4) is 0 Å². The van der Waals surface area contributed by atoms with Crippen LogP contribution in [-0.4, -0.2) is 44.1 Å². The molecular formula is C11H22N2O3S. The average Bonchev–Trinajstić information content (AvgIpc) is 3.16. The summed E-state index contributed by atoms with van der Waals surface area (Å²) in [4.78, 5) is 0. The lowest BCUT2D eigenvalue weighted by atomic mass is 10.1. The third-order valence-electron chi connectivity index (χ3n) is 3.59. The molecular weight excluding hydrogens is 240 g/mol. The van der Waals surface area contributed by atoms with Gasteiger partial charge in [-0.25, -0.2) is 0 Å². The van der Waals surface area contributed by atoms with E-state index in [4.69, 9.17) is 5.11 Å². The van der Waals surface area contributed by atoms with Crippen molar-refractivity contribution in [1.82, 2.24) is 9.03 Å². The van der Waals surface area contributed by atoms with Crippen LogP contribution in [0, 0.1) is 11.8 Å². The largest absolute Gasteiger partial charge is 0.396 e. The van der Waals surface area contributed by atoms with Gasteiger partial charge in [-0.05, 0) is 43.9 Å². The van der Waals surface area contributed by atoms with E-state index < -0.39 is 10.2 Å². The molecule has 100 valence electrons. The van der Waals surface area contributed by atoms with Gasteiger partial charge in [0.25, 0.3) is 10.2 Å². The molecule has 0 saturated heterocycles. The molecule has 0 bridgehead atoms. The minimum Gasteiger partial charge on any atom is -0.396 e. The molecule has 0 spiro atoms. The van der Waals surface area contributed by atoms with E-state index in [-0.39, 0.29) is 12.6 Å². The zero-order chi connectivity index (χ0) is 12.5. The van der Waals surface area contributed by atoms with Crippen molar-refractivity contribution >= 4 is 10.2 Å². The Bertz CT molecular complexity index is 338. The Morgan fingerprint density at radius 2 is 1.82 bits per heavy atom. The van der Waals surface area contributed by atoms with E-state index in [2.05, 4.69) is 4.72 Å². The maximum absolute atomic E-state index is 12.0. The van der Waals surface area contributed by atoms with Gasteiger partial charge in [-0.1, -0.05) is 0 Å². The number of hydrogen-bond acceptors (Lipinski definition) is 3. The van der Waals surface area contributed by atoms with E-state index in [1.165, 1.54) is 4.31 Å². The summed E-state index contributed by atoms with van der Waals surface area (Å²) in [5.41, 5.74) is 0. The molecule has 2 saturated carbocycles. The van der Waals surface area contributed by atoms with Crippen molar-refractivity contribution in [2.45, 2.75) is 38.1 Å². The third-order valence-corrected chi connectivity index (χ3v) is 5.16. The van der Waals surface area contributed by atoms with E-state index in [0.29, 0.717) is 24.8 Å². The summed E-state index contributed by atoms with van der Waals surface area (Å²) in [5, 5.41) is 8.72. The molecule has 2 rings (SSSR count). The molecule has 0 unspecified atom stereocenters. The summed E-state index contributed by atoms with van der Waals surface area (Å²) >= 11 is 0. The molecule has 0 atom stereocenters. The normalized spacial score (nSPS) is 21.4. The second-order valence-electron chi connectivity index (χ2n) is 5.22. The maximum atomic E-state index is 12.0. The lowest BCUT2D eigenvalue weighted by molar-refractivity contribution is 0.274. The van der Waals surface area contributed by atoms with Crippen LogP contribution in [0.25, 0.3) is 0 Å². The van der Waals surface area contributed by atoms with Crippen LogP contribution in [0.15, 0.2) is 0 Å². The van der Waals surface area contributed by atoms with Crippen LogP contribution in [0.2, 0.25) is 0 Å². The van der Waals surface area contributed by atoms with Crippen molar-refractivity contribution in [3.8, 4) is 0 Å². The summed E-state index contributed by atoms with van der Waals surface area (Å²) in [5.74, 6) is 1.12. The van der Waals surface area contributed by atoms with Gasteiger partial charge in [0.1, 0.15) is 0 Å². The molecule has 0 radical (unpaired) electrons. The highest BCUT2D eigenvalue weighted by Crippen LogP contribution is 2.44. The minimum atomic E-state index is -3.37. The highest BCUT2D eigenvalue weighted by Gasteiger charge is 2.43. The van der Waals surface area contributed by atoms with Gasteiger partial charge in [0, 0.05) is 26.2 Å². The molecule has 2 aliphatic rings. The fourth-order valence-corrected chi connectivity index (χ4v) is 3.44. The van der Waals surface area contributed by atoms with E-state index in [9.17, 15) is 8.42 Å². The van der Waals surface area contributed by atoms with Crippen LogP contribution in [0.1, 0.15) is 32.1 Å². The zero-order valence-electron chi connectivity index (χ0n) is 10.3. The smallest absolute Gasteiger partial charge is 0.279 e. The van der Waals surface area contributed by atoms with Gasteiger partial charge in [-0.15, -0.1) is 0 Å². The number of rotatable bonds is 8. The molecule has 5 nitrogen and oxygen atoms in total. The molecule has 0 amide bonds. The number of hydrogen-bond donors (Lipinski definition) is 2. The van der Waals surface area contributed by atoms with Crippen LogP contribution >= 0.6 is 0 Å². The van der Waals surface area contributed by atoms with Gasteiger partial charge in [-0.2, -0.15) is 17.4 Å². The fourth-order valence-electron chi connectivity index (χ4n) is 2.16. The predicted octanol–water partition coefficient (Wildman–Crippen LogP) is 0.324. The first-order valence-electron chi connectivity index (χ1n) is 6.39. The van der Waals surface area contributed by atoms with Gasteiger partial charge in [-0.3, -0.25) is 0 Å². The van der Waals surface area contributed by atoms with Crippen molar-refractivity contribution in [3.63, 3.8) is 0 Å². The molecule has 0 aromatic rings. The molecule has 0 aliphatic heterocycles. The van der Waals surface area contributed by atoms with E-state index in [1.807, 2.05) is 0 Å². The summed E-state index contributed by atoms with van der Waals surface area (Å²) < 4.78 is 28.2. The first kappa shape index (κ1) is 13.3. The number of nitrogens with one attached hydrogen (secondary N) is 1. The summed E-state index contributed by atoms with van der Waals surface area (Å²) in [6, 6.07) is 0.150. The quantitative estimate of drug-likeness (QED) is 0.662. The van der Waals surface area contributed by atoms with E-state index in [1.54, 1.807) is 7.05 Å². The van der Waals surface area contributed by atoms with Gasteiger partial charge >= 0.3 is 0 Å². The Morgan fingerprint density at radius 1 is 1.29 bits per heavy atom. The molecule has 2 N–H and O–H groups in total. The van der Waals surface area contributed by atoms with Crippen molar-refractivity contribution in [1.29, 1.82) is 0 Å². The number of aliphatic hydroxyl groups excluding tert-OH is 1. The van der Waals surface area contributed by atoms with Crippen molar-refractivity contribution in [3.05, 3.63) is 0 Å². The standard InChI is InChI=1S/C11H22N2O3S/c1-13(7-2-8-14)17(15,16)12-11(9-3-4-9)10-5-6-10/h9-12,14H,2-8H2,1H3. The first-order valence-corrected chi connectivity index (χ1v) is 7.83. The average molecular weight is 262 g/mol. The Morgan fingerprint density at radius 3 is 2.24 bits per heavy atom. The second kappa shape index (κ2) is 5.22. The van der Waals surface area contributed by atoms with Crippen LogP contribution in [0.5, 0.6) is 0 Å². The fraction of sp³-hybridized carbons (Fsp3) is 1.00. The lowest BCUT2D eigenvalue weighted by Crippen LogP contribution is -2.46. The Balaban J connectivity index is 1.90. The Hall–Kier alpha value is -0.170. The van der Waals surface area contributed by atoms with Gasteiger partial charge < -0.3 is 5.11 Å². The predicted molar refractivity (Wildman–Crippen MR) is 65.6 cm³/mol. The lowest BCUT2D eigenvalue weighted by Gasteiger charge is -2.23. The SMILES string of the molecule is CN(CCCO)S(=O)(=O)NC(C1CC1)C1CC1. The molecule has 17 heavy (non-hydrogen) atoms. The van der Waals surface area contributed by atoms with Gasteiger partial charge in [0.2, 0.25) is 0 Å². The maximum Gasteiger partial charge on any atom is 0.279 e.